The number of hydrogen-bond donors (Lipinski definition) is 2. The van der Waals surface area contributed by atoms with Crippen LogP contribution in [0.15, 0.2) is 0 Å². The fourth-order valence-electron chi connectivity index (χ4n) is 1.92. The number of hydrogen-bond acceptors (Lipinski definition) is 2. The van der Waals surface area contributed by atoms with Crippen LogP contribution in [0.1, 0.15) is 19.3 Å². The summed E-state index contributed by atoms with van der Waals surface area (Å²) in [4.78, 5) is 1.08. The van der Waals surface area contributed by atoms with Gasteiger partial charge in [-0.05, 0) is 12.8 Å². The molecule has 1 heterocycles. The Kier molecular flexibility index (Phi) is 1.62. The SMILES string of the molecule is S=C1NCNC2CCCC12. The van der Waals surface area contributed by atoms with Crippen LogP contribution in [0.4, 0.5) is 0 Å². The van der Waals surface area contributed by atoms with Gasteiger partial charge in [-0.2, -0.15) is 0 Å². The third-order valence-electron chi connectivity index (χ3n) is 2.48. The van der Waals surface area contributed by atoms with Crippen LogP contribution in [0, 0.1) is 5.92 Å². The van der Waals surface area contributed by atoms with Gasteiger partial charge >= 0.3 is 0 Å². The molecule has 3 heteroatoms. The molecular formula is C7H12N2S. The molecule has 2 unspecified atom stereocenters. The summed E-state index contributed by atoms with van der Waals surface area (Å²) in [6.07, 6.45) is 3.93. The van der Waals surface area contributed by atoms with Crippen molar-refractivity contribution >= 4 is 17.2 Å². The molecule has 1 saturated carbocycles. The van der Waals surface area contributed by atoms with Gasteiger partial charge < -0.3 is 5.32 Å². The molecule has 0 radical (unpaired) electrons. The highest BCUT2D eigenvalue weighted by Gasteiger charge is 2.32. The van der Waals surface area contributed by atoms with Crippen LogP contribution in [0.5, 0.6) is 0 Å². The maximum absolute atomic E-state index is 5.19. The zero-order valence-corrected chi connectivity index (χ0v) is 6.71. The minimum Gasteiger partial charge on any atom is -0.367 e. The molecule has 56 valence electrons. The van der Waals surface area contributed by atoms with E-state index in [-0.39, 0.29) is 0 Å². The predicted octanol–water partition coefficient (Wildman–Crippen LogP) is 0.633. The van der Waals surface area contributed by atoms with Crippen LogP contribution in [-0.4, -0.2) is 17.7 Å². The predicted molar refractivity (Wildman–Crippen MR) is 44.9 cm³/mol. The standard InChI is InChI=1S/C7H12N2S/c10-7-5-2-1-3-6(5)8-4-9-7/h5-6,8H,1-4H2,(H,9,10). The summed E-state index contributed by atoms with van der Waals surface area (Å²) in [7, 11) is 0. The first-order chi connectivity index (χ1) is 4.88. The number of fused-ring (bicyclic) bond motifs is 1. The Morgan fingerprint density at radius 3 is 3.10 bits per heavy atom. The van der Waals surface area contributed by atoms with Crippen LogP contribution < -0.4 is 10.6 Å². The Labute approximate surface area is 66.4 Å². The van der Waals surface area contributed by atoms with Gasteiger partial charge in [-0.15, -0.1) is 0 Å². The summed E-state index contributed by atoms with van der Waals surface area (Å²) in [6.45, 7) is 0.875. The number of nitrogens with one attached hydrogen (secondary N) is 2. The van der Waals surface area contributed by atoms with E-state index in [1.807, 2.05) is 0 Å². The lowest BCUT2D eigenvalue weighted by Crippen LogP contribution is -2.51. The van der Waals surface area contributed by atoms with Crippen LogP contribution in [-0.2, 0) is 0 Å². The van der Waals surface area contributed by atoms with Crippen LogP contribution in [0.2, 0.25) is 0 Å². The van der Waals surface area contributed by atoms with E-state index < -0.39 is 0 Å². The van der Waals surface area contributed by atoms with Crippen molar-refractivity contribution in [1.82, 2.24) is 10.6 Å². The van der Waals surface area contributed by atoms with E-state index in [0.29, 0.717) is 12.0 Å². The molecule has 0 aromatic heterocycles. The second-order valence-corrected chi connectivity index (χ2v) is 3.51. The van der Waals surface area contributed by atoms with Crippen molar-refractivity contribution in [3.63, 3.8) is 0 Å². The zero-order chi connectivity index (χ0) is 6.97. The van der Waals surface area contributed by atoms with Crippen molar-refractivity contribution in [2.45, 2.75) is 25.3 Å². The molecule has 1 saturated heterocycles. The molecule has 2 nitrogen and oxygen atoms in total. The van der Waals surface area contributed by atoms with E-state index in [1.165, 1.54) is 19.3 Å². The van der Waals surface area contributed by atoms with Gasteiger partial charge in [0, 0.05) is 12.0 Å². The van der Waals surface area contributed by atoms with E-state index in [1.54, 1.807) is 0 Å². The van der Waals surface area contributed by atoms with Crippen molar-refractivity contribution in [1.29, 1.82) is 0 Å². The lowest BCUT2D eigenvalue weighted by molar-refractivity contribution is 0.434. The molecule has 0 aromatic carbocycles. The molecule has 2 fully saturated rings. The van der Waals surface area contributed by atoms with Gasteiger partial charge in [-0.1, -0.05) is 18.6 Å². The molecule has 1 aliphatic heterocycles. The molecular weight excluding hydrogens is 144 g/mol. The van der Waals surface area contributed by atoms with Crippen molar-refractivity contribution < 1.29 is 0 Å². The first kappa shape index (κ1) is 6.55. The monoisotopic (exact) mass is 156 g/mol. The fourth-order valence-corrected chi connectivity index (χ4v) is 2.27. The van der Waals surface area contributed by atoms with Gasteiger partial charge in [0.05, 0.1) is 11.7 Å². The Balaban J connectivity index is 2.10. The molecule has 1 aliphatic carbocycles. The van der Waals surface area contributed by atoms with E-state index in [2.05, 4.69) is 10.6 Å². The smallest absolute Gasteiger partial charge is 0.0810 e. The lowest BCUT2D eigenvalue weighted by Gasteiger charge is -2.28. The summed E-state index contributed by atoms with van der Waals surface area (Å²) in [5.41, 5.74) is 0. The molecule has 2 aliphatic rings. The van der Waals surface area contributed by atoms with Gasteiger partial charge in [0.2, 0.25) is 0 Å². The highest BCUT2D eigenvalue weighted by Crippen LogP contribution is 2.27. The summed E-state index contributed by atoms with van der Waals surface area (Å²) in [5.74, 6) is 0.642. The average Bonchev–Trinajstić information content (AvgIpc) is 2.36. The summed E-state index contributed by atoms with van der Waals surface area (Å²) >= 11 is 5.19. The molecule has 10 heavy (non-hydrogen) atoms. The quantitative estimate of drug-likeness (QED) is 0.503. The third-order valence-corrected chi connectivity index (χ3v) is 2.93. The van der Waals surface area contributed by atoms with Crippen molar-refractivity contribution in [3.8, 4) is 0 Å². The fraction of sp³-hybridized carbons (Fsp3) is 0.857. The molecule has 0 amide bonds. The molecule has 2 N–H and O–H groups in total. The summed E-state index contributed by atoms with van der Waals surface area (Å²) in [5, 5.41) is 6.59. The second kappa shape index (κ2) is 2.47. The minimum atomic E-state index is 0.642. The molecule has 0 bridgehead atoms. The summed E-state index contributed by atoms with van der Waals surface area (Å²) < 4.78 is 0. The Morgan fingerprint density at radius 2 is 2.30 bits per heavy atom. The first-order valence-electron chi connectivity index (χ1n) is 3.89. The van der Waals surface area contributed by atoms with Crippen LogP contribution >= 0.6 is 12.2 Å². The topological polar surface area (TPSA) is 24.1 Å². The minimum absolute atomic E-state index is 0.642. The maximum atomic E-state index is 5.19. The van der Waals surface area contributed by atoms with Crippen LogP contribution in [0.3, 0.4) is 0 Å². The lowest BCUT2D eigenvalue weighted by atomic mass is 10.0. The number of thiocarbonyl (C=S) groups is 1. The van der Waals surface area contributed by atoms with Gasteiger partial charge in [0.25, 0.3) is 0 Å². The number of rotatable bonds is 0. The Morgan fingerprint density at radius 1 is 1.40 bits per heavy atom. The van der Waals surface area contributed by atoms with Gasteiger partial charge in [-0.25, -0.2) is 0 Å². The van der Waals surface area contributed by atoms with E-state index in [4.69, 9.17) is 12.2 Å². The third kappa shape index (κ3) is 0.935. The van der Waals surface area contributed by atoms with Gasteiger partial charge in [-0.3, -0.25) is 5.32 Å². The first-order valence-corrected chi connectivity index (χ1v) is 4.30. The highest BCUT2D eigenvalue weighted by atomic mass is 32.1. The zero-order valence-electron chi connectivity index (χ0n) is 5.89. The largest absolute Gasteiger partial charge is 0.367 e. The van der Waals surface area contributed by atoms with E-state index in [0.717, 1.165) is 11.7 Å². The molecule has 2 atom stereocenters. The van der Waals surface area contributed by atoms with Gasteiger partial charge in [0.15, 0.2) is 0 Å². The molecule has 0 aromatic rings. The van der Waals surface area contributed by atoms with Crippen molar-refractivity contribution in [2.75, 3.05) is 6.67 Å². The van der Waals surface area contributed by atoms with Gasteiger partial charge in [0.1, 0.15) is 0 Å². The average molecular weight is 156 g/mol. The van der Waals surface area contributed by atoms with Crippen molar-refractivity contribution in [3.05, 3.63) is 0 Å². The Bertz CT molecular complexity index is 158. The van der Waals surface area contributed by atoms with E-state index >= 15 is 0 Å². The van der Waals surface area contributed by atoms with Crippen molar-refractivity contribution in [2.24, 2.45) is 5.92 Å². The molecule has 2 rings (SSSR count). The van der Waals surface area contributed by atoms with Crippen LogP contribution in [0.25, 0.3) is 0 Å². The highest BCUT2D eigenvalue weighted by molar-refractivity contribution is 7.80. The van der Waals surface area contributed by atoms with E-state index in [9.17, 15) is 0 Å². The molecule has 0 spiro atoms. The normalized spacial score (nSPS) is 39.0. The second-order valence-electron chi connectivity index (χ2n) is 3.07. The maximum Gasteiger partial charge on any atom is 0.0810 e. The summed E-state index contributed by atoms with van der Waals surface area (Å²) in [6, 6.07) is 0.689. The Hall–Kier alpha value is -0.150.